The number of carbonyl (C=O) groups is 2. The highest BCUT2D eigenvalue weighted by Crippen LogP contribution is 2.12. The number of esters is 2. The van der Waals surface area contributed by atoms with E-state index in [1.165, 1.54) is 12.1 Å². The number of aliphatic hydroxyl groups excluding tert-OH is 1. The summed E-state index contributed by atoms with van der Waals surface area (Å²) in [6.45, 7) is 8.21. The molecule has 0 radical (unpaired) electrons. The lowest BCUT2D eigenvalue weighted by atomic mass is 10.2. The molecule has 0 aliphatic rings. The summed E-state index contributed by atoms with van der Waals surface area (Å²) >= 11 is 0. The Morgan fingerprint density at radius 1 is 1.00 bits per heavy atom. The lowest BCUT2D eigenvalue weighted by Gasteiger charge is -2.06. The number of ether oxygens (including phenoxy) is 2. The second-order valence-corrected chi connectivity index (χ2v) is 6.52. The summed E-state index contributed by atoms with van der Waals surface area (Å²) < 4.78 is 37.2. The molecule has 0 unspecified atom stereocenters. The predicted octanol–water partition coefficient (Wildman–Crippen LogP) is 1.53. The number of hydrogen-bond donors (Lipinski definition) is 1. The fraction of sp³-hybridized carbons (Fsp3) is 0.333. The number of aliphatic hydroxyl groups is 1. The van der Waals surface area contributed by atoms with Crippen LogP contribution in [0.5, 0.6) is 0 Å². The normalized spacial score (nSPS) is 10.1. The molecule has 0 heterocycles. The Balaban J connectivity index is 0.000000636. The summed E-state index contributed by atoms with van der Waals surface area (Å²) in [7, 11) is -3.80. The SMILES string of the molecule is C=CC(=O)OCCCO.C=CC(=O)OCCOS(=O)(=O)c1ccc(C)cc1. The van der Waals surface area contributed by atoms with Crippen LogP contribution >= 0.6 is 0 Å². The zero-order valence-corrected chi connectivity index (χ0v) is 15.9. The van der Waals surface area contributed by atoms with Gasteiger partial charge in [-0.15, -0.1) is 0 Å². The van der Waals surface area contributed by atoms with Gasteiger partial charge in [-0.1, -0.05) is 30.9 Å². The van der Waals surface area contributed by atoms with Crippen LogP contribution in [0.2, 0.25) is 0 Å². The van der Waals surface area contributed by atoms with E-state index < -0.39 is 22.1 Å². The molecule has 0 fully saturated rings. The summed E-state index contributed by atoms with van der Waals surface area (Å²) in [6, 6.07) is 6.27. The molecule has 150 valence electrons. The Morgan fingerprint density at radius 3 is 2.00 bits per heavy atom. The van der Waals surface area contributed by atoms with Gasteiger partial charge in [0.1, 0.15) is 13.2 Å². The third-order valence-corrected chi connectivity index (χ3v) is 4.08. The zero-order valence-electron chi connectivity index (χ0n) is 15.1. The van der Waals surface area contributed by atoms with Crippen molar-refractivity contribution in [2.24, 2.45) is 0 Å². The van der Waals surface area contributed by atoms with Gasteiger partial charge in [-0.3, -0.25) is 4.18 Å². The Labute approximate surface area is 159 Å². The lowest BCUT2D eigenvalue weighted by Crippen LogP contribution is -2.13. The smallest absolute Gasteiger partial charge is 0.330 e. The summed E-state index contributed by atoms with van der Waals surface area (Å²) in [5.41, 5.74) is 0.953. The number of benzene rings is 1. The molecule has 0 atom stereocenters. The van der Waals surface area contributed by atoms with Crippen LogP contribution in [0.4, 0.5) is 0 Å². The highest BCUT2D eigenvalue weighted by molar-refractivity contribution is 7.86. The first-order valence-electron chi connectivity index (χ1n) is 7.92. The molecule has 0 saturated heterocycles. The zero-order chi connectivity index (χ0) is 20.7. The largest absolute Gasteiger partial charge is 0.462 e. The predicted molar refractivity (Wildman–Crippen MR) is 98.3 cm³/mol. The van der Waals surface area contributed by atoms with Crippen molar-refractivity contribution in [1.82, 2.24) is 0 Å². The first-order chi connectivity index (χ1) is 12.8. The molecule has 8 nitrogen and oxygen atoms in total. The average Bonchev–Trinajstić information content (AvgIpc) is 2.66. The molecule has 0 aliphatic heterocycles. The highest BCUT2D eigenvalue weighted by Gasteiger charge is 2.14. The Kier molecular flexibility index (Phi) is 12.4. The molecule has 0 saturated carbocycles. The van der Waals surface area contributed by atoms with E-state index in [1.54, 1.807) is 12.1 Å². The number of hydrogen-bond acceptors (Lipinski definition) is 8. The summed E-state index contributed by atoms with van der Waals surface area (Å²) in [5.74, 6) is -1.06. The van der Waals surface area contributed by atoms with Crippen LogP contribution < -0.4 is 0 Å². The van der Waals surface area contributed by atoms with Crippen molar-refractivity contribution in [1.29, 1.82) is 0 Å². The molecule has 27 heavy (non-hydrogen) atoms. The maximum Gasteiger partial charge on any atom is 0.330 e. The second-order valence-electron chi connectivity index (χ2n) is 4.91. The monoisotopic (exact) mass is 400 g/mol. The lowest BCUT2D eigenvalue weighted by molar-refractivity contribution is -0.139. The van der Waals surface area contributed by atoms with Gasteiger partial charge in [-0.05, 0) is 19.1 Å². The molecule has 9 heteroatoms. The first kappa shape index (κ1) is 24.5. The standard InChI is InChI=1S/C12H14O5S.C6H10O3/c1-3-12(13)16-8-9-17-18(14,15)11-6-4-10(2)5-7-11;1-2-6(8)9-5-3-4-7/h3-7H,1,8-9H2,2H3;2,7H,1,3-5H2. The van der Waals surface area contributed by atoms with Crippen LogP contribution in [0.1, 0.15) is 12.0 Å². The summed E-state index contributed by atoms with van der Waals surface area (Å²) in [5, 5.41) is 8.23. The van der Waals surface area contributed by atoms with Gasteiger partial charge in [0, 0.05) is 25.2 Å². The fourth-order valence-corrected chi connectivity index (χ4v) is 2.31. The number of aryl methyl sites for hydroxylation is 1. The Hall–Kier alpha value is -2.49. The van der Waals surface area contributed by atoms with Crippen LogP contribution in [-0.4, -0.2) is 51.9 Å². The van der Waals surface area contributed by atoms with Crippen LogP contribution in [0.25, 0.3) is 0 Å². The van der Waals surface area contributed by atoms with E-state index in [0.717, 1.165) is 17.7 Å². The van der Waals surface area contributed by atoms with Crippen molar-refractivity contribution in [3.05, 3.63) is 55.1 Å². The van der Waals surface area contributed by atoms with E-state index in [-0.39, 0.29) is 31.3 Å². The minimum absolute atomic E-state index is 0.0461. The molecule has 0 aliphatic carbocycles. The van der Waals surface area contributed by atoms with E-state index in [2.05, 4.69) is 22.6 Å². The molecular weight excluding hydrogens is 376 g/mol. The maximum atomic E-state index is 11.7. The van der Waals surface area contributed by atoms with Crippen molar-refractivity contribution in [2.75, 3.05) is 26.4 Å². The molecular formula is C18H24O8S. The van der Waals surface area contributed by atoms with Gasteiger partial charge in [0.05, 0.1) is 11.5 Å². The van der Waals surface area contributed by atoms with Crippen molar-refractivity contribution >= 4 is 22.1 Å². The molecule has 1 N–H and O–H groups in total. The van der Waals surface area contributed by atoms with Crippen LogP contribution in [-0.2, 0) is 33.4 Å². The van der Waals surface area contributed by atoms with Crippen LogP contribution in [0.3, 0.4) is 0 Å². The van der Waals surface area contributed by atoms with Gasteiger partial charge >= 0.3 is 11.9 Å². The summed E-state index contributed by atoms with van der Waals surface area (Å²) in [6.07, 6.45) is 2.57. The quantitative estimate of drug-likeness (QED) is 0.272. The van der Waals surface area contributed by atoms with Gasteiger partial charge < -0.3 is 14.6 Å². The Morgan fingerprint density at radius 2 is 1.52 bits per heavy atom. The maximum absolute atomic E-state index is 11.7. The number of carbonyl (C=O) groups excluding carboxylic acids is 2. The van der Waals surface area contributed by atoms with Gasteiger partial charge in [-0.25, -0.2) is 9.59 Å². The first-order valence-corrected chi connectivity index (χ1v) is 9.33. The van der Waals surface area contributed by atoms with E-state index in [4.69, 9.17) is 9.29 Å². The van der Waals surface area contributed by atoms with Crippen molar-refractivity contribution in [2.45, 2.75) is 18.2 Å². The third kappa shape index (κ3) is 11.7. The molecule has 0 amide bonds. The van der Waals surface area contributed by atoms with Crippen molar-refractivity contribution in [3.8, 4) is 0 Å². The van der Waals surface area contributed by atoms with E-state index in [0.29, 0.717) is 6.42 Å². The highest BCUT2D eigenvalue weighted by atomic mass is 32.2. The van der Waals surface area contributed by atoms with E-state index in [1.807, 2.05) is 6.92 Å². The van der Waals surface area contributed by atoms with Crippen LogP contribution in [0.15, 0.2) is 54.5 Å². The second kappa shape index (κ2) is 13.7. The van der Waals surface area contributed by atoms with E-state index >= 15 is 0 Å². The topological polar surface area (TPSA) is 116 Å². The molecule has 1 aromatic rings. The molecule has 0 bridgehead atoms. The van der Waals surface area contributed by atoms with E-state index in [9.17, 15) is 18.0 Å². The van der Waals surface area contributed by atoms with Crippen LogP contribution in [0, 0.1) is 6.92 Å². The molecule has 1 aromatic carbocycles. The molecule has 0 spiro atoms. The number of rotatable bonds is 10. The van der Waals surface area contributed by atoms with Crippen molar-refractivity contribution in [3.63, 3.8) is 0 Å². The van der Waals surface area contributed by atoms with Gasteiger partial charge in [0.25, 0.3) is 10.1 Å². The van der Waals surface area contributed by atoms with Gasteiger partial charge in [-0.2, -0.15) is 8.42 Å². The van der Waals surface area contributed by atoms with Gasteiger partial charge in [0.15, 0.2) is 0 Å². The average molecular weight is 400 g/mol. The fourth-order valence-electron chi connectivity index (χ4n) is 1.41. The minimum atomic E-state index is -3.80. The molecule has 0 aromatic heterocycles. The Bertz CT molecular complexity index is 707. The minimum Gasteiger partial charge on any atom is -0.462 e. The van der Waals surface area contributed by atoms with Gasteiger partial charge in [0.2, 0.25) is 0 Å². The van der Waals surface area contributed by atoms with Crippen molar-refractivity contribution < 1.29 is 36.8 Å². The summed E-state index contributed by atoms with van der Waals surface area (Å²) in [4.78, 5) is 21.0. The third-order valence-electron chi connectivity index (χ3n) is 2.76. The molecule has 1 rings (SSSR count).